The van der Waals surface area contributed by atoms with Crippen LogP contribution in [-0.2, 0) is 4.74 Å². The average molecular weight is 220 g/mol. The lowest BCUT2D eigenvalue weighted by molar-refractivity contribution is 0.127. The Morgan fingerprint density at radius 3 is 3.20 bits per heavy atom. The highest BCUT2D eigenvalue weighted by Gasteiger charge is 2.25. The number of hydrogen-bond donors (Lipinski definition) is 0. The molecule has 0 aliphatic carbocycles. The van der Waals surface area contributed by atoms with Crippen LogP contribution in [0.2, 0.25) is 0 Å². The molecule has 0 radical (unpaired) electrons. The molecule has 0 spiro atoms. The van der Waals surface area contributed by atoms with Gasteiger partial charge < -0.3 is 4.74 Å². The fourth-order valence-corrected chi connectivity index (χ4v) is 2.78. The Bertz CT molecular complexity index is 388. The monoisotopic (exact) mass is 220 g/mol. The van der Waals surface area contributed by atoms with E-state index in [2.05, 4.69) is 18.0 Å². The molecule has 1 aliphatic heterocycles. The molecule has 2 heterocycles. The minimum atomic E-state index is 0.266. The zero-order chi connectivity index (χ0) is 10.7. The summed E-state index contributed by atoms with van der Waals surface area (Å²) in [5, 5.41) is 9.35. The van der Waals surface area contributed by atoms with Gasteiger partial charge in [0, 0.05) is 22.9 Å². The topological polar surface area (TPSA) is 45.9 Å². The van der Waals surface area contributed by atoms with Gasteiger partial charge in [-0.3, -0.25) is 0 Å². The van der Waals surface area contributed by atoms with Gasteiger partial charge in [0.1, 0.15) is 6.07 Å². The third kappa shape index (κ3) is 2.31. The molecular formula is C11H12N2OS. The molecule has 78 valence electrons. The highest BCUT2D eigenvalue weighted by molar-refractivity contribution is 8.00. The van der Waals surface area contributed by atoms with Crippen molar-refractivity contribution in [3.8, 4) is 6.07 Å². The standard InChI is InChI=1S/C11H12N2OS/c1-8-10(4-6-14-8)15-11-3-2-5-13-9(11)7-12/h2-3,5,8,10H,4,6H2,1H3. The Balaban J connectivity index is 2.14. The quantitative estimate of drug-likeness (QED) is 0.766. The maximum atomic E-state index is 8.90. The second kappa shape index (κ2) is 4.65. The van der Waals surface area contributed by atoms with E-state index in [9.17, 15) is 0 Å². The van der Waals surface area contributed by atoms with Gasteiger partial charge in [0.25, 0.3) is 0 Å². The van der Waals surface area contributed by atoms with Gasteiger partial charge in [-0.2, -0.15) is 5.26 Å². The van der Waals surface area contributed by atoms with Gasteiger partial charge in [0.05, 0.1) is 6.10 Å². The minimum Gasteiger partial charge on any atom is -0.377 e. The van der Waals surface area contributed by atoms with Crippen LogP contribution in [0.15, 0.2) is 23.2 Å². The molecule has 1 aromatic heterocycles. The summed E-state index contributed by atoms with van der Waals surface area (Å²) in [5.41, 5.74) is 0.515. The summed E-state index contributed by atoms with van der Waals surface area (Å²) in [6.45, 7) is 2.90. The van der Waals surface area contributed by atoms with Crippen molar-refractivity contribution in [3.63, 3.8) is 0 Å². The van der Waals surface area contributed by atoms with E-state index in [1.807, 2.05) is 12.1 Å². The summed E-state index contributed by atoms with van der Waals surface area (Å²) >= 11 is 1.70. The van der Waals surface area contributed by atoms with E-state index in [4.69, 9.17) is 10.00 Å². The Kier molecular flexibility index (Phi) is 3.24. The first kappa shape index (κ1) is 10.5. The van der Waals surface area contributed by atoms with Gasteiger partial charge in [-0.25, -0.2) is 4.98 Å². The number of pyridine rings is 1. The Hall–Kier alpha value is -1.05. The molecule has 2 atom stereocenters. The summed E-state index contributed by atoms with van der Waals surface area (Å²) in [5.74, 6) is 0. The number of rotatable bonds is 2. The van der Waals surface area contributed by atoms with Crippen molar-refractivity contribution in [2.24, 2.45) is 0 Å². The summed E-state index contributed by atoms with van der Waals surface area (Å²) < 4.78 is 5.49. The van der Waals surface area contributed by atoms with Crippen LogP contribution in [-0.4, -0.2) is 22.9 Å². The van der Waals surface area contributed by atoms with Crippen LogP contribution in [0.5, 0.6) is 0 Å². The van der Waals surface area contributed by atoms with Gasteiger partial charge in [-0.15, -0.1) is 11.8 Å². The molecule has 0 bridgehead atoms. The molecule has 0 N–H and O–H groups in total. The molecule has 1 fully saturated rings. The van der Waals surface area contributed by atoms with E-state index in [1.165, 1.54) is 0 Å². The van der Waals surface area contributed by atoms with Crippen LogP contribution in [0.1, 0.15) is 19.0 Å². The first-order valence-electron chi connectivity index (χ1n) is 4.94. The van der Waals surface area contributed by atoms with E-state index in [0.717, 1.165) is 17.9 Å². The molecule has 2 rings (SSSR count). The highest BCUT2D eigenvalue weighted by atomic mass is 32.2. The van der Waals surface area contributed by atoms with Crippen LogP contribution in [0, 0.1) is 11.3 Å². The minimum absolute atomic E-state index is 0.266. The molecule has 15 heavy (non-hydrogen) atoms. The maximum Gasteiger partial charge on any atom is 0.153 e. The number of ether oxygens (including phenoxy) is 1. The number of thioether (sulfide) groups is 1. The van der Waals surface area contributed by atoms with Crippen LogP contribution < -0.4 is 0 Å². The van der Waals surface area contributed by atoms with E-state index < -0.39 is 0 Å². The fourth-order valence-electron chi connectivity index (χ4n) is 1.60. The molecule has 2 unspecified atom stereocenters. The molecule has 0 saturated carbocycles. The highest BCUT2D eigenvalue weighted by Crippen LogP contribution is 2.33. The molecular weight excluding hydrogens is 208 g/mol. The van der Waals surface area contributed by atoms with Crippen molar-refractivity contribution in [1.82, 2.24) is 4.98 Å². The number of hydrogen-bond acceptors (Lipinski definition) is 4. The lowest BCUT2D eigenvalue weighted by Crippen LogP contribution is -2.13. The molecule has 1 aromatic rings. The van der Waals surface area contributed by atoms with Crippen molar-refractivity contribution >= 4 is 11.8 Å². The predicted octanol–water partition coefficient (Wildman–Crippen LogP) is 2.22. The van der Waals surface area contributed by atoms with Crippen LogP contribution in [0.25, 0.3) is 0 Å². The normalized spacial score (nSPS) is 25.1. The number of nitriles is 1. The lowest BCUT2D eigenvalue weighted by atomic mass is 10.3. The third-order valence-electron chi connectivity index (χ3n) is 2.46. The van der Waals surface area contributed by atoms with Gasteiger partial charge >= 0.3 is 0 Å². The third-order valence-corrected chi connectivity index (χ3v) is 3.97. The van der Waals surface area contributed by atoms with Crippen molar-refractivity contribution in [3.05, 3.63) is 24.0 Å². The molecule has 3 nitrogen and oxygen atoms in total. The first-order chi connectivity index (χ1) is 7.31. The van der Waals surface area contributed by atoms with Crippen molar-refractivity contribution in [2.75, 3.05) is 6.61 Å². The van der Waals surface area contributed by atoms with E-state index in [-0.39, 0.29) is 6.10 Å². The first-order valence-corrected chi connectivity index (χ1v) is 5.82. The molecule has 0 aromatic carbocycles. The zero-order valence-electron chi connectivity index (χ0n) is 8.51. The number of aromatic nitrogens is 1. The van der Waals surface area contributed by atoms with Crippen LogP contribution in [0.3, 0.4) is 0 Å². The van der Waals surface area contributed by atoms with Crippen molar-refractivity contribution in [1.29, 1.82) is 5.26 Å². The smallest absolute Gasteiger partial charge is 0.153 e. The van der Waals surface area contributed by atoms with Crippen molar-refractivity contribution < 1.29 is 4.74 Å². The molecule has 1 saturated heterocycles. The number of nitrogens with zero attached hydrogens (tertiary/aromatic N) is 2. The summed E-state index contributed by atoms with van der Waals surface area (Å²) in [6, 6.07) is 5.92. The van der Waals surface area contributed by atoms with Crippen molar-refractivity contribution in [2.45, 2.75) is 29.6 Å². The van der Waals surface area contributed by atoms with Crippen LogP contribution in [0.4, 0.5) is 0 Å². The largest absolute Gasteiger partial charge is 0.377 e. The second-order valence-corrected chi connectivity index (χ2v) is 4.76. The fraction of sp³-hybridized carbons (Fsp3) is 0.455. The van der Waals surface area contributed by atoms with E-state index in [1.54, 1.807) is 18.0 Å². The predicted molar refractivity (Wildman–Crippen MR) is 58.6 cm³/mol. The Labute approximate surface area is 93.5 Å². The summed E-state index contributed by atoms with van der Waals surface area (Å²) in [7, 11) is 0. The van der Waals surface area contributed by atoms with Gasteiger partial charge in [-0.1, -0.05) is 0 Å². The maximum absolute atomic E-state index is 8.90. The Morgan fingerprint density at radius 1 is 1.67 bits per heavy atom. The molecule has 4 heteroatoms. The van der Waals surface area contributed by atoms with Crippen LogP contribution >= 0.6 is 11.8 Å². The van der Waals surface area contributed by atoms with Gasteiger partial charge in [-0.05, 0) is 25.5 Å². The zero-order valence-corrected chi connectivity index (χ0v) is 9.33. The van der Waals surface area contributed by atoms with E-state index in [0.29, 0.717) is 10.9 Å². The second-order valence-electron chi connectivity index (χ2n) is 3.48. The van der Waals surface area contributed by atoms with E-state index >= 15 is 0 Å². The summed E-state index contributed by atoms with van der Waals surface area (Å²) in [4.78, 5) is 5.00. The molecule has 1 aliphatic rings. The SMILES string of the molecule is CC1OCCC1Sc1cccnc1C#N. The Morgan fingerprint density at radius 2 is 2.53 bits per heavy atom. The van der Waals surface area contributed by atoms with Gasteiger partial charge in [0.2, 0.25) is 0 Å². The molecule has 0 amide bonds. The van der Waals surface area contributed by atoms with Gasteiger partial charge in [0.15, 0.2) is 5.69 Å². The summed E-state index contributed by atoms with van der Waals surface area (Å²) in [6.07, 6.45) is 2.96. The average Bonchev–Trinajstić information content (AvgIpc) is 2.65. The lowest BCUT2D eigenvalue weighted by Gasteiger charge is -2.13.